The van der Waals surface area contributed by atoms with Crippen LogP contribution in [-0.2, 0) is 37.4 Å². The highest BCUT2D eigenvalue weighted by molar-refractivity contribution is 7.88. The maximum atomic E-state index is 13.4. The zero-order chi connectivity index (χ0) is 25.1. The van der Waals surface area contributed by atoms with Gasteiger partial charge in [0, 0.05) is 33.4 Å². The summed E-state index contributed by atoms with van der Waals surface area (Å²) in [6, 6.07) is 13.6. The Morgan fingerprint density at radius 2 is 1.65 bits per heavy atom. The van der Waals surface area contributed by atoms with Gasteiger partial charge in [-0.1, -0.05) is 42.5 Å². The van der Waals surface area contributed by atoms with Crippen LogP contribution < -0.4 is 5.32 Å². The molecular weight excluding hydrogens is 461 g/mol. The van der Waals surface area contributed by atoms with Gasteiger partial charge in [-0.25, -0.2) is 12.8 Å². The molecule has 2 amide bonds. The minimum Gasteiger partial charge on any atom is -0.385 e. The van der Waals surface area contributed by atoms with Crippen LogP contribution >= 0.6 is 0 Å². The molecule has 2 rings (SSSR count). The van der Waals surface area contributed by atoms with Gasteiger partial charge in [-0.2, -0.15) is 4.31 Å². The number of halogens is 1. The minimum absolute atomic E-state index is 0.0212. The Bertz CT molecular complexity index is 1030. The van der Waals surface area contributed by atoms with Crippen molar-refractivity contribution < 1.29 is 27.1 Å². The Morgan fingerprint density at radius 3 is 2.24 bits per heavy atom. The van der Waals surface area contributed by atoms with E-state index in [0.29, 0.717) is 25.1 Å². The van der Waals surface area contributed by atoms with E-state index in [0.717, 1.165) is 16.1 Å². The molecule has 0 bridgehead atoms. The van der Waals surface area contributed by atoms with E-state index in [1.807, 2.05) is 6.07 Å². The van der Waals surface area contributed by atoms with Gasteiger partial charge < -0.3 is 15.0 Å². The van der Waals surface area contributed by atoms with Crippen molar-refractivity contribution >= 4 is 21.8 Å². The molecule has 34 heavy (non-hydrogen) atoms. The lowest BCUT2D eigenvalue weighted by Crippen LogP contribution is -2.51. The lowest BCUT2D eigenvalue weighted by molar-refractivity contribution is -0.140. The molecular formula is C24H32FN3O5S. The third kappa shape index (κ3) is 8.85. The van der Waals surface area contributed by atoms with Gasteiger partial charge >= 0.3 is 0 Å². The SMILES string of the molecule is COCCCNC(=O)[C@@H](C)N(Cc1ccc(F)cc1)C(=O)CN(Cc1ccccc1)S(C)(=O)=O. The van der Waals surface area contributed by atoms with Crippen LogP contribution in [0, 0.1) is 5.82 Å². The van der Waals surface area contributed by atoms with Gasteiger partial charge in [-0.3, -0.25) is 9.59 Å². The summed E-state index contributed by atoms with van der Waals surface area (Å²) in [5.41, 5.74) is 1.34. The van der Waals surface area contributed by atoms with E-state index in [-0.39, 0.29) is 19.0 Å². The predicted octanol–water partition coefficient (Wildman–Crippen LogP) is 2.16. The molecule has 0 aliphatic carbocycles. The Labute approximate surface area is 200 Å². The number of nitrogens with one attached hydrogen (secondary N) is 1. The zero-order valence-electron chi connectivity index (χ0n) is 19.7. The number of carbonyl (C=O) groups is 2. The number of hydrogen-bond donors (Lipinski definition) is 1. The second-order valence-electron chi connectivity index (χ2n) is 7.98. The number of ether oxygens (including phenoxy) is 1. The van der Waals surface area contributed by atoms with Gasteiger partial charge in [-0.05, 0) is 36.6 Å². The van der Waals surface area contributed by atoms with Crippen LogP contribution in [0.3, 0.4) is 0 Å². The van der Waals surface area contributed by atoms with Crippen molar-refractivity contribution in [1.82, 2.24) is 14.5 Å². The number of rotatable bonds is 13. The van der Waals surface area contributed by atoms with Crippen molar-refractivity contribution in [1.29, 1.82) is 0 Å². The highest BCUT2D eigenvalue weighted by Gasteiger charge is 2.29. The highest BCUT2D eigenvalue weighted by Crippen LogP contribution is 2.14. The summed E-state index contributed by atoms with van der Waals surface area (Å²) in [5, 5.41) is 2.77. The second kappa shape index (κ2) is 13.2. The molecule has 1 N–H and O–H groups in total. The third-order valence-electron chi connectivity index (χ3n) is 5.24. The highest BCUT2D eigenvalue weighted by atomic mass is 32.2. The van der Waals surface area contributed by atoms with Gasteiger partial charge in [0.2, 0.25) is 21.8 Å². The van der Waals surface area contributed by atoms with Crippen LogP contribution in [0.2, 0.25) is 0 Å². The fourth-order valence-corrected chi connectivity index (χ4v) is 3.99. The maximum absolute atomic E-state index is 13.4. The quantitative estimate of drug-likeness (QED) is 0.432. The number of methoxy groups -OCH3 is 1. The van der Waals surface area contributed by atoms with Crippen LogP contribution in [0.4, 0.5) is 4.39 Å². The van der Waals surface area contributed by atoms with Crippen LogP contribution in [0.5, 0.6) is 0 Å². The summed E-state index contributed by atoms with van der Waals surface area (Å²) >= 11 is 0. The largest absolute Gasteiger partial charge is 0.385 e. The van der Waals surface area contributed by atoms with Gasteiger partial charge in [-0.15, -0.1) is 0 Å². The molecule has 10 heteroatoms. The monoisotopic (exact) mass is 493 g/mol. The van der Waals surface area contributed by atoms with E-state index in [4.69, 9.17) is 4.74 Å². The summed E-state index contributed by atoms with van der Waals surface area (Å²) < 4.78 is 44.2. The van der Waals surface area contributed by atoms with Crippen LogP contribution in [0.15, 0.2) is 54.6 Å². The van der Waals surface area contributed by atoms with Crippen molar-refractivity contribution in [3.05, 3.63) is 71.5 Å². The Kier molecular flexibility index (Phi) is 10.6. The summed E-state index contributed by atoms with van der Waals surface area (Å²) in [6.45, 7) is 2.04. The van der Waals surface area contributed by atoms with Crippen molar-refractivity contribution in [2.24, 2.45) is 0 Å². The van der Waals surface area contributed by atoms with E-state index in [9.17, 15) is 22.4 Å². The minimum atomic E-state index is -3.71. The summed E-state index contributed by atoms with van der Waals surface area (Å²) in [7, 11) is -2.15. The number of benzene rings is 2. The molecule has 0 radical (unpaired) electrons. The standard InChI is InChI=1S/C24H32FN3O5S/c1-19(24(30)26-14-7-15-33-2)28(17-21-10-12-22(25)13-11-21)23(29)18-27(34(3,31)32)16-20-8-5-4-6-9-20/h4-6,8-13,19H,7,14-18H2,1-3H3,(H,26,30)/t19-/m1/s1. The molecule has 0 unspecified atom stereocenters. The summed E-state index contributed by atoms with van der Waals surface area (Å²) in [5.74, 6) is -1.33. The number of amides is 2. The molecule has 0 fully saturated rings. The molecule has 0 saturated heterocycles. The number of sulfonamides is 1. The van der Waals surface area contributed by atoms with Crippen molar-refractivity contribution in [3.8, 4) is 0 Å². The molecule has 1 atom stereocenters. The first-order valence-corrected chi connectivity index (χ1v) is 12.8. The van der Waals surface area contributed by atoms with Crippen molar-refractivity contribution in [3.63, 3.8) is 0 Å². The average Bonchev–Trinajstić information content (AvgIpc) is 2.80. The Balaban J connectivity index is 2.23. The molecule has 0 aliphatic rings. The lowest BCUT2D eigenvalue weighted by atomic mass is 10.1. The maximum Gasteiger partial charge on any atom is 0.242 e. The van der Waals surface area contributed by atoms with E-state index in [1.54, 1.807) is 38.3 Å². The van der Waals surface area contributed by atoms with Crippen LogP contribution in [0.1, 0.15) is 24.5 Å². The number of carbonyl (C=O) groups excluding carboxylic acids is 2. The smallest absolute Gasteiger partial charge is 0.242 e. The molecule has 2 aromatic carbocycles. The molecule has 8 nitrogen and oxygen atoms in total. The normalized spacial score (nSPS) is 12.4. The average molecular weight is 494 g/mol. The second-order valence-corrected chi connectivity index (χ2v) is 9.96. The molecule has 186 valence electrons. The summed E-state index contributed by atoms with van der Waals surface area (Å²) in [6.07, 6.45) is 1.65. The summed E-state index contributed by atoms with van der Waals surface area (Å²) in [4.78, 5) is 27.4. The number of nitrogens with zero attached hydrogens (tertiary/aromatic N) is 2. The fourth-order valence-electron chi connectivity index (χ4n) is 3.26. The molecule has 0 aromatic heterocycles. The topological polar surface area (TPSA) is 96.0 Å². The molecule has 2 aromatic rings. The van der Waals surface area contributed by atoms with E-state index >= 15 is 0 Å². The van der Waals surface area contributed by atoms with Crippen molar-refractivity contribution in [2.45, 2.75) is 32.5 Å². The van der Waals surface area contributed by atoms with E-state index in [2.05, 4.69) is 5.32 Å². The fraction of sp³-hybridized carbons (Fsp3) is 0.417. The zero-order valence-corrected chi connectivity index (χ0v) is 20.6. The van der Waals surface area contributed by atoms with Gasteiger partial charge in [0.1, 0.15) is 11.9 Å². The van der Waals surface area contributed by atoms with Gasteiger partial charge in [0.25, 0.3) is 0 Å². The van der Waals surface area contributed by atoms with E-state index < -0.39 is 34.3 Å². The number of hydrogen-bond acceptors (Lipinski definition) is 5. The third-order valence-corrected chi connectivity index (χ3v) is 6.44. The van der Waals surface area contributed by atoms with Crippen LogP contribution in [-0.4, -0.2) is 68.5 Å². The first kappa shape index (κ1) is 27.4. The van der Waals surface area contributed by atoms with Gasteiger partial charge in [0.15, 0.2) is 0 Å². The first-order chi connectivity index (χ1) is 16.1. The van der Waals surface area contributed by atoms with Gasteiger partial charge in [0.05, 0.1) is 12.8 Å². The molecule has 0 spiro atoms. The van der Waals surface area contributed by atoms with E-state index in [1.165, 1.54) is 29.2 Å². The molecule has 0 heterocycles. The molecule has 0 aliphatic heterocycles. The molecule has 0 saturated carbocycles. The van der Waals surface area contributed by atoms with Crippen LogP contribution in [0.25, 0.3) is 0 Å². The Morgan fingerprint density at radius 1 is 1.03 bits per heavy atom. The Hall–Kier alpha value is -2.82. The lowest BCUT2D eigenvalue weighted by Gasteiger charge is -2.31. The van der Waals surface area contributed by atoms with Crippen molar-refractivity contribution in [2.75, 3.05) is 33.1 Å². The first-order valence-electron chi connectivity index (χ1n) is 10.9. The predicted molar refractivity (Wildman–Crippen MR) is 128 cm³/mol.